The Morgan fingerprint density at radius 1 is 1.11 bits per heavy atom. The number of ether oxygens (including phenoxy) is 1. The molecule has 18 heavy (non-hydrogen) atoms. The molecule has 0 aromatic heterocycles. The zero-order chi connectivity index (χ0) is 12.4. The van der Waals surface area contributed by atoms with Crippen molar-refractivity contribution in [2.45, 2.75) is 75.5 Å². The minimum absolute atomic E-state index is 0.0254. The van der Waals surface area contributed by atoms with E-state index in [0.717, 1.165) is 31.9 Å². The first kappa shape index (κ1) is 12.9. The van der Waals surface area contributed by atoms with Crippen LogP contribution in [0, 0.1) is 5.92 Å². The number of aliphatic hydroxyl groups is 1. The highest BCUT2D eigenvalue weighted by atomic mass is 16.5. The summed E-state index contributed by atoms with van der Waals surface area (Å²) < 4.78 is 5.96. The molecule has 3 rings (SSSR count). The third-order valence-electron chi connectivity index (χ3n) is 5.27. The maximum atomic E-state index is 9.52. The fourth-order valence-corrected chi connectivity index (χ4v) is 3.80. The van der Waals surface area contributed by atoms with E-state index in [4.69, 9.17) is 4.74 Å². The minimum atomic E-state index is -0.0254. The van der Waals surface area contributed by atoms with Crippen molar-refractivity contribution < 1.29 is 9.84 Å². The molecule has 1 saturated heterocycles. The SMILES string of the molecule is OC1CCC(CNC2CCOC3(CCC3)C2)CC1. The first-order valence-electron chi connectivity index (χ1n) is 7.81. The number of hydrogen-bond donors (Lipinski definition) is 2. The van der Waals surface area contributed by atoms with Gasteiger partial charge in [0, 0.05) is 12.6 Å². The van der Waals surface area contributed by atoms with Crippen LogP contribution < -0.4 is 5.32 Å². The van der Waals surface area contributed by atoms with Gasteiger partial charge in [0.2, 0.25) is 0 Å². The topological polar surface area (TPSA) is 41.5 Å². The average Bonchev–Trinajstić information content (AvgIpc) is 2.37. The van der Waals surface area contributed by atoms with Crippen LogP contribution in [-0.4, -0.2) is 36.0 Å². The van der Waals surface area contributed by atoms with Crippen molar-refractivity contribution in [2.75, 3.05) is 13.2 Å². The molecule has 1 aliphatic heterocycles. The van der Waals surface area contributed by atoms with Gasteiger partial charge < -0.3 is 15.2 Å². The van der Waals surface area contributed by atoms with E-state index in [0.29, 0.717) is 6.04 Å². The molecule has 1 heterocycles. The lowest BCUT2D eigenvalue weighted by Crippen LogP contribution is -2.51. The predicted octanol–water partition coefficient (Wildman–Crippen LogP) is 2.23. The van der Waals surface area contributed by atoms with E-state index in [2.05, 4.69) is 5.32 Å². The number of rotatable bonds is 3. The quantitative estimate of drug-likeness (QED) is 0.810. The van der Waals surface area contributed by atoms with Crippen LogP contribution >= 0.6 is 0 Å². The largest absolute Gasteiger partial charge is 0.393 e. The number of aliphatic hydroxyl groups excluding tert-OH is 1. The number of hydrogen-bond acceptors (Lipinski definition) is 3. The second-order valence-corrected chi connectivity index (χ2v) is 6.66. The smallest absolute Gasteiger partial charge is 0.0697 e. The molecule has 3 fully saturated rings. The van der Waals surface area contributed by atoms with Crippen LogP contribution in [-0.2, 0) is 4.74 Å². The van der Waals surface area contributed by atoms with Gasteiger partial charge in [0.1, 0.15) is 0 Å². The highest BCUT2D eigenvalue weighted by Gasteiger charge is 2.42. The zero-order valence-corrected chi connectivity index (χ0v) is 11.4. The van der Waals surface area contributed by atoms with Crippen LogP contribution in [0.3, 0.4) is 0 Å². The summed E-state index contributed by atoms with van der Waals surface area (Å²) in [5, 5.41) is 13.3. The Hall–Kier alpha value is -0.120. The van der Waals surface area contributed by atoms with E-state index in [1.807, 2.05) is 0 Å². The molecule has 2 saturated carbocycles. The molecule has 1 unspecified atom stereocenters. The zero-order valence-electron chi connectivity index (χ0n) is 11.4. The molecule has 0 aromatic carbocycles. The molecule has 2 N–H and O–H groups in total. The first-order valence-corrected chi connectivity index (χ1v) is 7.81. The van der Waals surface area contributed by atoms with Crippen LogP contribution in [0.1, 0.15) is 57.8 Å². The Kier molecular flexibility index (Phi) is 3.92. The van der Waals surface area contributed by atoms with Crippen molar-refractivity contribution in [2.24, 2.45) is 5.92 Å². The van der Waals surface area contributed by atoms with Crippen LogP contribution in [0.4, 0.5) is 0 Å². The van der Waals surface area contributed by atoms with E-state index in [-0.39, 0.29) is 11.7 Å². The lowest BCUT2D eigenvalue weighted by molar-refractivity contribution is -0.135. The highest BCUT2D eigenvalue weighted by molar-refractivity contribution is 4.96. The predicted molar refractivity (Wildman–Crippen MR) is 71.5 cm³/mol. The Morgan fingerprint density at radius 2 is 1.89 bits per heavy atom. The Balaban J connectivity index is 1.40. The lowest BCUT2D eigenvalue weighted by Gasteiger charge is -2.47. The maximum Gasteiger partial charge on any atom is 0.0697 e. The van der Waals surface area contributed by atoms with Crippen LogP contribution in [0.2, 0.25) is 0 Å². The van der Waals surface area contributed by atoms with Gasteiger partial charge in [-0.3, -0.25) is 0 Å². The molecule has 2 aliphatic carbocycles. The molecule has 3 aliphatic rings. The van der Waals surface area contributed by atoms with Gasteiger partial charge in [-0.05, 0) is 70.3 Å². The van der Waals surface area contributed by atoms with Crippen LogP contribution in [0.5, 0.6) is 0 Å². The van der Waals surface area contributed by atoms with E-state index in [9.17, 15) is 5.11 Å². The second-order valence-electron chi connectivity index (χ2n) is 6.66. The summed E-state index contributed by atoms with van der Waals surface area (Å²) >= 11 is 0. The fraction of sp³-hybridized carbons (Fsp3) is 1.00. The summed E-state index contributed by atoms with van der Waals surface area (Å²) in [7, 11) is 0. The number of nitrogens with one attached hydrogen (secondary N) is 1. The summed E-state index contributed by atoms with van der Waals surface area (Å²) in [4.78, 5) is 0. The third kappa shape index (κ3) is 2.89. The monoisotopic (exact) mass is 253 g/mol. The molecule has 0 bridgehead atoms. The fourth-order valence-electron chi connectivity index (χ4n) is 3.80. The van der Waals surface area contributed by atoms with E-state index in [1.165, 1.54) is 44.9 Å². The summed E-state index contributed by atoms with van der Waals surface area (Å²) in [5.41, 5.74) is 0.263. The standard InChI is InChI=1S/C15H27NO2/c17-14-4-2-12(3-5-14)11-16-13-6-9-18-15(10-13)7-1-8-15/h12-14,16-17H,1-11H2. The van der Waals surface area contributed by atoms with Crippen molar-refractivity contribution in [3.05, 3.63) is 0 Å². The van der Waals surface area contributed by atoms with Gasteiger partial charge in [-0.2, -0.15) is 0 Å². The lowest BCUT2D eigenvalue weighted by atomic mass is 9.74. The summed E-state index contributed by atoms with van der Waals surface area (Å²) in [5.74, 6) is 0.786. The van der Waals surface area contributed by atoms with Gasteiger partial charge in [0.15, 0.2) is 0 Å². The Labute approximate surface area is 110 Å². The summed E-state index contributed by atoms with van der Waals surface area (Å²) in [6, 6.07) is 0.672. The van der Waals surface area contributed by atoms with E-state index < -0.39 is 0 Å². The van der Waals surface area contributed by atoms with Crippen molar-refractivity contribution in [3.63, 3.8) is 0 Å². The molecular formula is C15H27NO2. The molecule has 3 nitrogen and oxygen atoms in total. The van der Waals surface area contributed by atoms with Gasteiger partial charge in [-0.1, -0.05) is 0 Å². The van der Waals surface area contributed by atoms with Gasteiger partial charge in [0.25, 0.3) is 0 Å². The molecule has 3 heteroatoms. The van der Waals surface area contributed by atoms with Crippen molar-refractivity contribution in [1.82, 2.24) is 5.32 Å². The maximum absolute atomic E-state index is 9.52. The molecule has 0 aromatic rings. The first-order chi connectivity index (χ1) is 8.76. The van der Waals surface area contributed by atoms with Gasteiger partial charge in [-0.25, -0.2) is 0 Å². The molecule has 0 amide bonds. The third-order valence-corrected chi connectivity index (χ3v) is 5.27. The van der Waals surface area contributed by atoms with Gasteiger partial charge in [0.05, 0.1) is 11.7 Å². The van der Waals surface area contributed by atoms with Crippen molar-refractivity contribution >= 4 is 0 Å². The minimum Gasteiger partial charge on any atom is -0.393 e. The van der Waals surface area contributed by atoms with Gasteiger partial charge in [-0.15, -0.1) is 0 Å². The van der Waals surface area contributed by atoms with Crippen LogP contribution in [0.15, 0.2) is 0 Å². The molecule has 0 radical (unpaired) electrons. The van der Waals surface area contributed by atoms with Crippen LogP contribution in [0.25, 0.3) is 0 Å². The average molecular weight is 253 g/mol. The highest BCUT2D eigenvalue weighted by Crippen LogP contribution is 2.42. The second kappa shape index (κ2) is 5.48. The normalized spacial score (nSPS) is 39.5. The van der Waals surface area contributed by atoms with E-state index in [1.54, 1.807) is 0 Å². The molecular weight excluding hydrogens is 226 g/mol. The molecule has 104 valence electrons. The van der Waals surface area contributed by atoms with E-state index >= 15 is 0 Å². The Morgan fingerprint density at radius 3 is 2.56 bits per heavy atom. The van der Waals surface area contributed by atoms with Gasteiger partial charge >= 0.3 is 0 Å². The van der Waals surface area contributed by atoms with Crippen molar-refractivity contribution in [3.8, 4) is 0 Å². The Bertz CT molecular complexity index is 270. The molecule has 1 atom stereocenters. The summed E-state index contributed by atoms with van der Waals surface area (Å²) in [6.07, 6.45) is 10.7. The molecule has 1 spiro atoms. The summed E-state index contributed by atoms with van der Waals surface area (Å²) in [6.45, 7) is 2.09. The van der Waals surface area contributed by atoms with Crippen molar-refractivity contribution in [1.29, 1.82) is 0 Å².